The molecule has 134 valence electrons. The Morgan fingerprint density at radius 1 is 1.08 bits per heavy atom. The number of benzene rings is 2. The number of nitrogens with zero attached hydrogens (tertiary/aromatic N) is 2. The largest absolute Gasteiger partial charge is 1.00 e. The van der Waals surface area contributed by atoms with Gasteiger partial charge in [0.05, 0.1) is 19.7 Å². The summed E-state index contributed by atoms with van der Waals surface area (Å²) in [6.45, 7) is 0.0150. The molecular weight excluding hydrogens is 424 g/mol. The summed E-state index contributed by atoms with van der Waals surface area (Å²) in [6, 6.07) is 10.1. The molecular formula is C17H15BrF3N2NaO2. The van der Waals surface area contributed by atoms with Gasteiger partial charge in [-0.15, -0.1) is 0 Å². The Morgan fingerprint density at radius 3 is 2.27 bits per heavy atom. The van der Waals surface area contributed by atoms with Gasteiger partial charge in [-0.1, -0.05) is 12.1 Å². The van der Waals surface area contributed by atoms with Gasteiger partial charge in [-0.05, 0) is 45.8 Å². The van der Waals surface area contributed by atoms with E-state index < -0.39 is 12.0 Å². The van der Waals surface area contributed by atoms with Crippen molar-refractivity contribution in [3.63, 3.8) is 0 Å². The average Bonchev–Trinajstić information content (AvgIpc) is 2.96. The van der Waals surface area contributed by atoms with E-state index in [0.29, 0.717) is 21.3 Å². The van der Waals surface area contributed by atoms with Crippen molar-refractivity contribution in [1.82, 2.24) is 9.55 Å². The smallest absolute Gasteiger partial charge is 1.00 e. The predicted octanol–water partition coefficient (Wildman–Crippen LogP) is 2.00. The van der Waals surface area contributed by atoms with E-state index in [1.165, 1.54) is 14.2 Å². The van der Waals surface area contributed by atoms with Gasteiger partial charge >= 0.3 is 35.7 Å². The van der Waals surface area contributed by atoms with Crippen LogP contribution in [0.3, 0.4) is 0 Å². The number of aromatic nitrogens is 2. The minimum atomic E-state index is -4.59. The molecule has 0 fully saturated rings. The number of rotatable bonds is 4. The molecule has 0 spiro atoms. The molecule has 0 bridgehead atoms. The average molecular weight is 439 g/mol. The summed E-state index contributed by atoms with van der Waals surface area (Å²) < 4.78 is 52.4. The van der Waals surface area contributed by atoms with Gasteiger partial charge < -0.3 is 15.5 Å². The van der Waals surface area contributed by atoms with Crippen LogP contribution in [0.4, 0.5) is 13.2 Å². The first-order valence-electron chi connectivity index (χ1n) is 7.28. The van der Waals surface area contributed by atoms with Crippen molar-refractivity contribution in [2.75, 3.05) is 14.2 Å². The molecule has 0 radical (unpaired) electrons. The van der Waals surface area contributed by atoms with E-state index in [0.717, 1.165) is 4.57 Å². The first-order chi connectivity index (χ1) is 11.8. The SMILES string of the molecule is COc1ccc(Cn2c(C(F)(F)F)nc3c(OC)ccc(Br)c32)cc1.[H-].[Na+]. The maximum Gasteiger partial charge on any atom is 1.00 e. The zero-order chi connectivity index (χ0) is 18.2. The molecule has 3 aromatic rings. The zero-order valence-corrected chi connectivity index (χ0v) is 18.0. The first kappa shape index (κ1) is 21.1. The van der Waals surface area contributed by atoms with Gasteiger partial charge in [0.15, 0.2) is 0 Å². The monoisotopic (exact) mass is 438 g/mol. The van der Waals surface area contributed by atoms with Crippen molar-refractivity contribution in [3.8, 4) is 11.5 Å². The van der Waals surface area contributed by atoms with E-state index in [2.05, 4.69) is 20.9 Å². The molecule has 0 aliphatic rings. The van der Waals surface area contributed by atoms with E-state index in [-0.39, 0.29) is 48.8 Å². The van der Waals surface area contributed by atoms with E-state index in [1.54, 1.807) is 36.4 Å². The molecule has 0 N–H and O–H groups in total. The number of alkyl halides is 3. The minimum Gasteiger partial charge on any atom is -1.00 e. The van der Waals surface area contributed by atoms with Crippen molar-refractivity contribution in [1.29, 1.82) is 0 Å². The summed E-state index contributed by atoms with van der Waals surface area (Å²) in [6.07, 6.45) is -4.59. The van der Waals surface area contributed by atoms with E-state index in [4.69, 9.17) is 9.47 Å². The number of fused-ring (bicyclic) bond motifs is 1. The van der Waals surface area contributed by atoms with E-state index >= 15 is 0 Å². The second kappa shape index (κ2) is 8.21. The predicted molar refractivity (Wildman–Crippen MR) is 92.2 cm³/mol. The third-order valence-electron chi connectivity index (χ3n) is 3.78. The Balaban J connectivity index is 0.00000182. The second-order valence-electron chi connectivity index (χ2n) is 5.31. The quantitative estimate of drug-likeness (QED) is 0.584. The molecule has 0 aliphatic carbocycles. The van der Waals surface area contributed by atoms with Crippen LogP contribution < -0.4 is 39.0 Å². The summed E-state index contributed by atoms with van der Waals surface area (Å²) in [5, 5.41) is 0. The molecule has 9 heteroatoms. The van der Waals surface area contributed by atoms with Crippen LogP contribution in [-0.4, -0.2) is 23.8 Å². The Morgan fingerprint density at radius 2 is 1.73 bits per heavy atom. The molecule has 0 saturated heterocycles. The van der Waals surface area contributed by atoms with Gasteiger partial charge in [0, 0.05) is 11.0 Å². The maximum atomic E-state index is 13.5. The molecule has 1 aromatic heterocycles. The Labute approximate surface area is 180 Å². The van der Waals surface area contributed by atoms with Crippen LogP contribution >= 0.6 is 15.9 Å². The molecule has 2 aromatic carbocycles. The normalized spacial score (nSPS) is 11.3. The molecule has 26 heavy (non-hydrogen) atoms. The summed E-state index contributed by atoms with van der Waals surface area (Å²) in [4.78, 5) is 3.80. The number of halogens is 4. The Kier molecular flexibility index (Phi) is 6.65. The van der Waals surface area contributed by atoms with Crippen molar-refractivity contribution in [3.05, 3.63) is 52.3 Å². The molecule has 0 unspecified atom stereocenters. The third-order valence-corrected chi connectivity index (χ3v) is 4.42. The van der Waals surface area contributed by atoms with Crippen LogP contribution in [0.25, 0.3) is 11.0 Å². The molecule has 0 amide bonds. The van der Waals surface area contributed by atoms with E-state index in [1.807, 2.05) is 0 Å². The molecule has 0 aliphatic heterocycles. The number of imidazole rings is 1. The maximum absolute atomic E-state index is 13.5. The molecule has 1 heterocycles. The van der Waals surface area contributed by atoms with Crippen molar-refractivity contribution < 1.29 is 53.6 Å². The summed E-state index contributed by atoms with van der Waals surface area (Å²) in [5.74, 6) is -0.0427. The van der Waals surface area contributed by atoms with Crippen LogP contribution in [0.5, 0.6) is 11.5 Å². The van der Waals surface area contributed by atoms with Gasteiger partial charge in [0.1, 0.15) is 17.0 Å². The number of ether oxygens (including phenoxy) is 2. The molecule has 3 rings (SSSR count). The fraction of sp³-hybridized carbons (Fsp3) is 0.235. The summed E-state index contributed by atoms with van der Waals surface area (Å²) >= 11 is 3.32. The number of hydrogen-bond acceptors (Lipinski definition) is 3. The van der Waals surface area contributed by atoms with Gasteiger partial charge in [-0.3, -0.25) is 0 Å². The van der Waals surface area contributed by atoms with Crippen LogP contribution in [-0.2, 0) is 12.7 Å². The van der Waals surface area contributed by atoms with Gasteiger partial charge in [0.2, 0.25) is 5.82 Å². The standard InChI is InChI=1S/C17H14BrF3N2O2.Na.H/c1-24-11-5-3-10(4-6-11)9-23-15-12(18)7-8-13(25-2)14(15)22-16(23)17(19,20)21;;/h3-8H,9H2,1-2H3;;/q;+1;-1. The molecule has 0 atom stereocenters. The number of methoxy groups -OCH3 is 2. The van der Waals surface area contributed by atoms with Gasteiger partial charge in [-0.25, -0.2) is 4.98 Å². The molecule has 0 saturated carbocycles. The Bertz CT molecular complexity index is 917. The summed E-state index contributed by atoms with van der Waals surface area (Å²) in [5.41, 5.74) is 1.19. The van der Waals surface area contributed by atoms with Gasteiger partial charge in [-0.2, -0.15) is 13.2 Å². The fourth-order valence-corrected chi connectivity index (χ4v) is 3.16. The van der Waals surface area contributed by atoms with Crippen LogP contribution in [0.2, 0.25) is 0 Å². The fourth-order valence-electron chi connectivity index (χ4n) is 2.62. The van der Waals surface area contributed by atoms with Crippen LogP contribution in [0, 0.1) is 0 Å². The van der Waals surface area contributed by atoms with Crippen molar-refractivity contribution >= 4 is 27.0 Å². The van der Waals surface area contributed by atoms with Crippen molar-refractivity contribution in [2.24, 2.45) is 0 Å². The third kappa shape index (κ3) is 4.03. The topological polar surface area (TPSA) is 36.3 Å². The first-order valence-corrected chi connectivity index (χ1v) is 8.07. The van der Waals surface area contributed by atoms with Crippen LogP contribution in [0.1, 0.15) is 12.8 Å². The van der Waals surface area contributed by atoms with Crippen molar-refractivity contribution in [2.45, 2.75) is 12.7 Å². The molecule has 4 nitrogen and oxygen atoms in total. The minimum absolute atomic E-state index is 0. The van der Waals surface area contributed by atoms with E-state index in [9.17, 15) is 13.2 Å². The zero-order valence-electron chi connectivity index (χ0n) is 15.4. The summed E-state index contributed by atoms with van der Waals surface area (Å²) in [7, 11) is 2.93. The second-order valence-corrected chi connectivity index (χ2v) is 6.17. The van der Waals surface area contributed by atoms with Crippen LogP contribution in [0.15, 0.2) is 40.9 Å². The Hall–Kier alpha value is -1.22. The van der Waals surface area contributed by atoms with Gasteiger partial charge in [0.25, 0.3) is 0 Å². The number of hydrogen-bond donors (Lipinski definition) is 0.